The number of anilines is 1. The summed E-state index contributed by atoms with van der Waals surface area (Å²) in [7, 11) is 0. The number of carbonyl (C=O) groups excluding carboxylic acids is 2. The predicted octanol–water partition coefficient (Wildman–Crippen LogP) is 6.64. The molecule has 6 nitrogen and oxygen atoms in total. The van der Waals surface area contributed by atoms with Crippen LogP contribution in [-0.4, -0.2) is 27.9 Å². The summed E-state index contributed by atoms with van der Waals surface area (Å²) in [5.41, 5.74) is 5.14. The number of aliphatic hydroxyl groups is 1. The quantitative estimate of drug-likeness (QED) is 0.184. The number of hydrogen-bond acceptors (Lipinski definition) is 6. The first-order valence-electron chi connectivity index (χ1n) is 12.2. The van der Waals surface area contributed by atoms with Crippen LogP contribution in [0.1, 0.15) is 47.7 Å². The Labute approximate surface area is 219 Å². The number of rotatable bonds is 5. The molecule has 188 valence electrons. The first-order valence-corrected chi connectivity index (χ1v) is 13.0. The minimum absolute atomic E-state index is 0.0314. The fourth-order valence-corrected chi connectivity index (χ4v) is 5.67. The molecule has 1 aromatic heterocycles. The first-order chi connectivity index (χ1) is 17.6. The summed E-state index contributed by atoms with van der Waals surface area (Å²) < 4.78 is 6.71. The fourth-order valence-electron chi connectivity index (χ4n) is 4.60. The predicted molar refractivity (Wildman–Crippen MR) is 147 cm³/mol. The zero-order valence-electron chi connectivity index (χ0n) is 21.4. The minimum Gasteiger partial charge on any atom is -0.507 e. The highest BCUT2D eigenvalue weighted by atomic mass is 32.1. The van der Waals surface area contributed by atoms with E-state index in [4.69, 9.17) is 9.72 Å². The van der Waals surface area contributed by atoms with Gasteiger partial charge in [0.15, 0.2) is 5.13 Å². The lowest BCUT2D eigenvalue weighted by Crippen LogP contribution is -2.29. The van der Waals surface area contributed by atoms with Crippen molar-refractivity contribution in [1.29, 1.82) is 0 Å². The van der Waals surface area contributed by atoms with E-state index in [1.807, 2.05) is 71.0 Å². The third-order valence-corrected chi connectivity index (χ3v) is 7.50. The highest BCUT2D eigenvalue weighted by Gasteiger charge is 2.48. The maximum atomic E-state index is 13.5. The molecular formula is C30H28N2O4S. The Morgan fingerprint density at radius 1 is 1.00 bits per heavy atom. The van der Waals surface area contributed by atoms with Gasteiger partial charge in [-0.25, -0.2) is 4.98 Å². The normalized spacial score (nSPS) is 17.2. The third kappa shape index (κ3) is 4.51. The van der Waals surface area contributed by atoms with Crippen LogP contribution in [0.3, 0.4) is 0 Å². The van der Waals surface area contributed by atoms with Crippen LogP contribution in [0.2, 0.25) is 0 Å². The number of carbonyl (C=O) groups is 2. The smallest absolute Gasteiger partial charge is 0.301 e. The van der Waals surface area contributed by atoms with Gasteiger partial charge in [-0.05, 0) is 75.6 Å². The van der Waals surface area contributed by atoms with Gasteiger partial charge in [0.05, 0.1) is 27.9 Å². The van der Waals surface area contributed by atoms with E-state index in [0.29, 0.717) is 16.4 Å². The molecule has 1 atom stereocenters. The van der Waals surface area contributed by atoms with E-state index in [1.54, 1.807) is 24.3 Å². The highest BCUT2D eigenvalue weighted by molar-refractivity contribution is 7.22. The topological polar surface area (TPSA) is 79.7 Å². The number of hydrogen-bond donors (Lipinski definition) is 1. The number of ether oxygens (including phenoxy) is 1. The van der Waals surface area contributed by atoms with Crippen LogP contribution >= 0.6 is 11.3 Å². The molecule has 0 spiro atoms. The van der Waals surface area contributed by atoms with Crippen LogP contribution in [-0.2, 0) is 9.59 Å². The van der Waals surface area contributed by atoms with Gasteiger partial charge in [0.25, 0.3) is 5.78 Å². The third-order valence-electron chi connectivity index (χ3n) is 6.48. The number of nitrogens with zero attached hydrogens (tertiary/aromatic N) is 2. The molecule has 2 heterocycles. The van der Waals surface area contributed by atoms with Crippen molar-refractivity contribution in [3.05, 3.63) is 94.1 Å². The number of Topliss-reactive ketones (excluding diaryl/α,β-unsaturated/α-hetero) is 1. The van der Waals surface area contributed by atoms with Gasteiger partial charge in [0.2, 0.25) is 0 Å². The number of amides is 1. The zero-order valence-corrected chi connectivity index (χ0v) is 22.2. The molecule has 1 aliphatic rings. The molecule has 1 fully saturated rings. The number of benzene rings is 3. The molecule has 1 aliphatic heterocycles. The highest BCUT2D eigenvalue weighted by Crippen LogP contribution is 2.44. The monoisotopic (exact) mass is 512 g/mol. The Morgan fingerprint density at radius 3 is 2.46 bits per heavy atom. The Kier molecular flexibility index (Phi) is 6.33. The van der Waals surface area contributed by atoms with E-state index < -0.39 is 17.7 Å². The number of ketones is 1. The van der Waals surface area contributed by atoms with Crippen LogP contribution in [0.15, 0.2) is 66.2 Å². The molecule has 0 aliphatic carbocycles. The lowest BCUT2D eigenvalue weighted by atomic mass is 9.94. The Morgan fingerprint density at radius 2 is 1.73 bits per heavy atom. The molecule has 0 saturated carbocycles. The second kappa shape index (κ2) is 9.48. The number of aliphatic hydroxyl groups excluding tert-OH is 1. The lowest BCUT2D eigenvalue weighted by Gasteiger charge is -2.23. The summed E-state index contributed by atoms with van der Waals surface area (Å²) in [6.07, 6.45) is -0.0541. The average molecular weight is 513 g/mol. The van der Waals surface area contributed by atoms with E-state index in [9.17, 15) is 14.7 Å². The number of aromatic nitrogens is 1. The van der Waals surface area contributed by atoms with E-state index in [-0.39, 0.29) is 17.4 Å². The molecule has 4 aromatic rings. The molecule has 1 unspecified atom stereocenters. The van der Waals surface area contributed by atoms with Crippen molar-refractivity contribution < 1.29 is 19.4 Å². The van der Waals surface area contributed by atoms with Crippen LogP contribution < -0.4 is 9.64 Å². The van der Waals surface area contributed by atoms with Gasteiger partial charge in [-0.15, -0.1) is 0 Å². The van der Waals surface area contributed by atoms with Crippen molar-refractivity contribution in [2.75, 3.05) is 4.90 Å². The van der Waals surface area contributed by atoms with E-state index in [0.717, 1.165) is 32.5 Å². The summed E-state index contributed by atoms with van der Waals surface area (Å²) in [6, 6.07) is 17.8. The van der Waals surface area contributed by atoms with E-state index >= 15 is 0 Å². The summed E-state index contributed by atoms with van der Waals surface area (Å²) in [5, 5.41) is 11.9. The molecule has 0 radical (unpaired) electrons. The van der Waals surface area contributed by atoms with Gasteiger partial charge in [-0.1, -0.05) is 53.3 Å². The Balaban J connectivity index is 1.71. The van der Waals surface area contributed by atoms with Gasteiger partial charge >= 0.3 is 5.91 Å². The summed E-state index contributed by atoms with van der Waals surface area (Å²) >= 11 is 1.36. The summed E-state index contributed by atoms with van der Waals surface area (Å²) in [6.45, 7) is 9.83. The average Bonchev–Trinajstić information content (AvgIpc) is 3.36. The van der Waals surface area contributed by atoms with Crippen LogP contribution in [0.25, 0.3) is 16.0 Å². The maximum Gasteiger partial charge on any atom is 0.301 e. The largest absolute Gasteiger partial charge is 0.507 e. The van der Waals surface area contributed by atoms with Crippen LogP contribution in [0.4, 0.5) is 5.13 Å². The molecule has 3 aromatic carbocycles. The SMILES string of the molecule is Cc1cccc(C2/C(=C(\O)c3cccc(OC(C)C)c3)C(=O)C(=O)N2c2nc3cc(C)c(C)cc3s2)c1. The Hall–Kier alpha value is -3.97. The Bertz CT molecular complexity index is 1540. The van der Waals surface area contributed by atoms with Crippen molar-refractivity contribution in [3.8, 4) is 5.75 Å². The lowest BCUT2D eigenvalue weighted by molar-refractivity contribution is -0.132. The zero-order chi connectivity index (χ0) is 26.4. The van der Waals surface area contributed by atoms with Gasteiger partial charge in [0.1, 0.15) is 11.5 Å². The van der Waals surface area contributed by atoms with Crippen LogP contribution in [0.5, 0.6) is 5.75 Å². The van der Waals surface area contributed by atoms with Crippen molar-refractivity contribution in [2.24, 2.45) is 0 Å². The molecule has 7 heteroatoms. The maximum absolute atomic E-state index is 13.5. The number of fused-ring (bicyclic) bond motifs is 1. The van der Waals surface area contributed by atoms with Gasteiger partial charge in [0, 0.05) is 5.56 Å². The van der Waals surface area contributed by atoms with Crippen molar-refractivity contribution in [2.45, 2.75) is 46.8 Å². The number of thiazole rings is 1. The van der Waals surface area contributed by atoms with Gasteiger partial charge < -0.3 is 9.84 Å². The van der Waals surface area contributed by atoms with E-state index in [1.165, 1.54) is 16.2 Å². The van der Waals surface area contributed by atoms with Gasteiger partial charge in [-0.2, -0.15) is 0 Å². The summed E-state index contributed by atoms with van der Waals surface area (Å²) in [4.78, 5) is 33.2. The van der Waals surface area contributed by atoms with E-state index in [2.05, 4.69) is 0 Å². The van der Waals surface area contributed by atoms with Gasteiger partial charge in [-0.3, -0.25) is 14.5 Å². The standard InChI is InChI=1S/C30H28N2O4S/c1-16(2)36-22-11-7-10-21(15-22)27(33)25-26(20-9-6-8-17(3)12-20)32(29(35)28(25)34)30-31-23-13-18(4)19(5)14-24(23)37-30/h6-16,26,33H,1-5H3/b27-25+. The van der Waals surface area contributed by atoms with Crippen molar-refractivity contribution in [3.63, 3.8) is 0 Å². The molecule has 1 saturated heterocycles. The van der Waals surface area contributed by atoms with Crippen LogP contribution in [0, 0.1) is 20.8 Å². The second-order valence-electron chi connectivity index (χ2n) is 9.68. The fraction of sp³-hybridized carbons (Fsp3) is 0.233. The summed E-state index contributed by atoms with van der Waals surface area (Å²) in [5.74, 6) is -1.13. The molecule has 5 rings (SSSR count). The molecule has 1 amide bonds. The number of aryl methyl sites for hydroxylation is 3. The molecule has 1 N–H and O–H groups in total. The van der Waals surface area contributed by atoms with Crippen molar-refractivity contribution in [1.82, 2.24) is 4.98 Å². The first kappa shape index (κ1) is 24.7. The molecular weight excluding hydrogens is 484 g/mol. The van der Waals surface area contributed by atoms with Crippen molar-refractivity contribution >= 4 is 44.1 Å². The molecule has 0 bridgehead atoms. The second-order valence-corrected chi connectivity index (χ2v) is 10.7. The minimum atomic E-state index is -0.822. The molecule has 37 heavy (non-hydrogen) atoms.